The molecule has 2 fully saturated rings. The molecule has 2 atom stereocenters. The Balaban J connectivity index is 1.50. The Kier molecular flexibility index (Phi) is 6.42. The van der Waals surface area contributed by atoms with Crippen molar-refractivity contribution in [3.05, 3.63) is 35.4 Å². The molecule has 2 amide bonds. The number of piperidine rings is 1. The second-order valence-electron chi connectivity index (χ2n) is 7.58. The molecular weight excluding hydrogens is 352 g/mol. The van der Waals surface area contributed by atoms with Crippen LogP contribution in [-0.2, 0) is 4.79 Å². The lowest BCUT2D eigenvalue weighted by atomic mass is 9.85. The summed E-state index contributed by atoms with van der Waals surface area (Å²) in [6.07, 6.45) is 2.84. The van der Waals surface area contributed by atoms with E-state index in [1.165, 1.54) is 11.0 Å². The Hall–Kier alpha value is -2.02. The zero-order valence-corrected chi connectivity index (χ0v) is 15.7. The average Bonchev–Trinajstić information content (AvgIpc) is 2.68. The van der Waals surface area contributed by atoms with E-state index in [9.17, 15) is 18.4 Å². The molecule has 2 aliphatic rings. The van der Waals surface area contributed by atoms with Crippen LogP contribution in [0.2, 0.25) is 0 Å². The fraction of sp³-hybridized carbons (Fsp3) is 0.600. The molecule has 0 radical (unpaired) electrons. The van der Waals surface area contributed by atoms with Gasteiger partial charge in [-0.1, -0.05) is 6.92 Å². The van der Waals surface area contributed by atoms with Gasteiger partial charge in [-0.2, -0.15) is 0 Å². The highest BCUT2D eigenvalue weighted by molar-refractivity contribution is 5.94. The Morgan fingerprint density at radius 1 is 1.19 bits per heavy atom. The van der Waals surface area contributed by atoms with Crippen LogP contribution in [0.3, 0.4) is 0 Å². The largest absolute Gasteiger partial charge is 0.339 e. The Bertz CT molecular complexity index is 684. The molecule has 5 nitrogen and oxygen atoms in total. The van der Waals surface area contributed by atoms with Gasteiger partial charge in [0.25, 0.3) is 5.91 Å². The van der Waals surface area contributed by atoms with Crippen molar-refractivity contribution < 1.29 is 18.4 Å². The first kappa shape index (κ1) is 19.7. The molecule has 0 spiro atoms. The van der Waals surface area contributed by atoms with Crippen molar-refractivity contribution in [2.45, 2.75) is 26.2 Å². The molecular formula is C20H27F2N3O2. The molecule has 0 bridgehead atoms. The highest BCUT2D eigenvalue weighted by Crippen LogP contribution is 2.23. The van der Waals surface area contributed by atoms with Crippen LogP contribution in [0.5, 0.6) is 0 Å². The number of carbonyl (C=O) groups is 2. The highest BCUT2D eigenvalue weighted by Gasteiger charge is 2.28. The van der Waals surface area contributed by atoms with Gasteiger partial charge in [-0.3, -0.25) is 9.59 Å². The summed E-state index contributed by atoms with van der Waals surface area (Å²) < 4.78 is 26.8. The molecule has 0 saturated carbocycles. The molecule has 2 saturated heterocycles. The summed E-state index contributed by atoms with van der Waals surface area (Å²) in [6.45, 7) is 5.78. The molecule has 2 aliphatic heterocycles. The highest BCUT2D eigenvalue weighted by atomic mass is 19.1. The molecule has 1 aromatic carbocycles. The first-order valence-corrected chi connectivity index (χ1v) is 9.68. The van der Waals surface area contributed by atoms with Crippen LogP contribution in [0, 0.1) is 23.5 Å². The molecule has 1 N–H and O–H groups in total. The van der Waals surface area contributed by atoms with E-state index in [2.05, 4.69) is 12.2 Å². The number of benzene rings is 1. The van der Waals surface area contributed by atoms with E-state index < -0.39 is 17.5 Å². The summed E-state index contributed by atoms with van der Waals surface area (Å²) in [5.41, 5.74) is -0.130. The van der Waals surface area contributed by atoms with Crippen molar-refractivity contribution >= 4 is 11.8 Å². The second kappa shape index (κ2) is 8.78. The number of hydrogen-bond acceptors (Lipinski definition) is 3. The molecule has 3 rings (SSSR count). The van der Waals surface area contributed by atoms with Gasteiger partial charge in [-0.05, 0) is 49.9 Å². The van der Waals surface area contributed by atoms with Gasteiger partial charge in [0.15, 0.2) is 0 Å². The van der Waals surface area contributed by atoms with Crippen molar-refractivity contribution in [3.63, 3.8) is 0 Å². The van der Waals surface area contributed by atoms with Gasteiger partial charge in [-0.25, -0.2) is 8.78 Å². The van der Waals surface area contributed by atoms with Gasteiger partial charge >= 0.3 is 0 Å². The van der Waals surface area contributed by atoms with Gasteiger partial charge in [0.1, 0.15) is 11.6 Å². The van der Waals surface area contributed by atoms with Crippen molar-refractivity contribution in [1.29, 1.82) is 0 Å². The van der Waals surface area contributed by atoms with E-state index in [1.807, 2.05) is 0 Å². The first-order valence-electron chi connectivity index (χ1n) is 9.68. The maximum atomic E-state index is 13.8. The van der Waals surface area contributed by atoms with E-state index in [0.717, 1.165) is 32.0 Å². The normalized spacial score (nSPS) is 21.8. The smallest absolute Gasteiger partial charge is 0.256 e. The lowest BCUT2D eigenvalue weighted by molar-refractivity contribution is -0.134. The van der Waals surface area contributed by atoms with Crippen LogP contribution in [-0.4, -0.2) is 60.9 Å². The summed E-state index contributed by atoms with van der Waals surface area (Å²) in [5.74, 6) is -1.03. The van der Waals surface area contributed by atoms with E-state index >= 15 is 0 Å². The number of nitrogens with one attached hydrogen (secondary N) is 1. The topological polar surface area (TPSA) is 52.7 Å². The molecule has 1 aromatic rings. The van der Waals surface area contributed by atoms with Gasteiger partial charge in [0, 0.05) is 38.7 Å². The number of nitrogens with zero attached hydrogens (tertiary/aromatic N) is 2. The molecule has 0 aliphatic carbocycles. The van der Waals surface area contributed by atoms with Crippen molar-refractivity contribution in [2.75, 3.05) is 39.3 Å². The van der Waals surface area contributed by atoms with E-state index in [1.54, 1.807) is 4.90 Å². The van der Waals surface area contributed by atoms with E-state index in [0.29, 0.717) is 50.5 Å². The van der Waals surface area contributed by atoms with Crippen molar-refractivity contribution in [3.8, 4) is 0 Å². The maximum absolute atomic E-state index is 13.8. The molecule has 2 heterocycles. The average molecular weight is 379 g/mol. The second-order valence-corrected chi connectivity index (χ2v) is 7.58. The minimum absolute atomic E-state index is 0.119. The molecule has 2 unspecified atom stereocenters. The van der Waals surface area contributed by atoms with Gasteiger partial charge in [-0.15, -0.1) is 0 Å². The summed E-state index contributed by atoms with van der Waals surface area (Å²) in [7, 11) is 0. The minimum atomic E-state index is -0.853. The number of piperazine rings is 1. The SMILES string of the molecule is CC(CC(=O)N1CCN(C(=O)c2ccc(F)cc2F)CC1)C1CCCNC1. The third-order valence-corrected chi connectivity index (χ3v) is 5.72. The lowest BCUT2D eigenvalue weighted by Gasteiger charge is -2.36. The Morgan fingerprint density at radius 2 is 1.89 bits per heavy atom. The van der Waals surface area contributed by atoms with Crippen LogP contribution in [0.25, 0.3) is 0 Å². The summed E-state index contributed by atoms with van der Waals surface area (Å²) in [6, 6.07) is 2.97. The summed E-state index contributed by atoms with van der Waals surface area (Å²) >= 11 is 0. The van der Waals surface area contributed by atoms with E-state index in [4.69, 9.17) is 0 Å². The Labute approximate surface area is 158 Å². The zero-order valence-electron chi connectivity index (χ0n) is 15.7. The van der Waals surface area contributed by atoms with Crippen LogP contribution < -0.4 is 5.32 Å². The molecule has 0 aromatic heterocycles. The lowest BCUT2D eigenvalue weighted by Crippen LogP contribution is -2.51. The predicted octanol–water partition coefficient (Wildman–Crippen LogP) is 2.28. The van der Waals surface area contributed by atoms with Crippen LogP contribution in [0.1, 0.15) is 36.5 Å². The standard InChI is InChI=1S/C20H27F2N3O2/c1-14(15-3-2-6-23-13-15)11-19(26)24-7-9-25(10-8-24)20(27)17-5-4-16(21)12-18(17)22/h4-5,12,14-15,23H,2-3,6-11,13H2,1H3. The quantitative estimate of drug-likeness (QED) is 0.873. The van der Waals surface area contributed by atoms with Crippen molar-refractivity contribution in [1.82, 2.24) is 15.1 Å². The fourth-order valence-corrected chi connectivity index (χ4v) is 3.93. The fourth-order valence-electron chi connectivity index (χ4n) is 3.93. The summed E-state index contributed by atoms with van der Waals surface area (Å²) in [4.78, 5) is 28.3. The molecule has 27 heavy (non-hydrogen) atoms. The van der Waals surface area contributed by atoms with Crippen LogP contribution in [0.15, 0.2) is 18.2 Å². The number of amides is 2. The molecule has 7 heteroatoms. The van der Waals surface area contributed by atoms with Gasteiger partial charge < -0.3 is 15.1 Å². The first-order chi connectivity index (χ1) is 13.0. The number of rotatable bonds is 4. The number of halogens is 2. The summed E-state index contributed by atoms with van der Waals surface area (Å²) in [5, 5.41) is 3.39. The third kappa shape index (κ3) is 4.83. The third-order valence-electron chi connectivity index (χ3n) is 5.72. The predicted molar refractivity (Wildman–Crippen MR) is 98.2 cm³/mol. The van der Waals surface area contributed by atoms with Crippen LogP contribution >= 0.6 is 0 Å². The van der Waals surface area contributed by atoms with E-state index in [-0.39, 0.29) is 11.5 Å². The monoisotopic (exact) mass is 379 g/mol. The van der Waals surface area contributed by atoms with Crippen molar-refractivity contribution in [2.24, 2.45) is 11.8 Å². The van der Waals surface area contributed by atoms with Gasteiger partial charge in [0.05, 0.1) is 5.56 Å². The zero-order chi connectivity index (χ0) is 19.4. The Morgan fingerprint density at radius 3 is 2.52 bits per heavy atom. The van der Waals surface area contributed by atoms with Crippen LogP contribution in [0.4, 0.5) is 8.78 Å². The number of hydrogen-bond donors (Lipinski definition) is 1. The number of carbonyl (C=O) groups excluding carboxylic acids is 2. The van der Waals surface area contributed by atoms with Gasteiger partial charge in [0.2, 0.25) is 5.91 Å². The minimum Gasteiger partial charge on any atom is -0.339 e. The maximum Gasteiger partial charge on any atom is 0.256 e. The molecule has 148 valence electrons.